The van der Waals surface area contributed by atoms with E-state index in [1.807, 2.05) is 13.0 Å². The molecular formula is C20H24N2O5. The summed E-state index contributed by atoms with van der Waals surface area (Å²) in [5, 5.41) is 0. The van der Waals surface area contributed by atoms with Crippen LogP contribution in [0, 0.1) is 0 Å². The van der Waals surface area contributed by atoms with Gasteiger partial charge in [-0.2, -0.15) is 0 Å². The molecule has 0 heterocycles. The number of carbonyl (C=O) groups excluding carboxylic acids is 2. The molecule has 0 aliphatic carbocycles. The number of amides is 2. The Balaban J connectivity index is 1.85. The van der Waals surface area contributed by atoms with Crippen molar-refractivity contribution in [3.63, 3.8) is 0 Å². The number of rotatable bonds is 8. The standard InChI is InChI=1S/C20H24N2O5/c1-4-26-17-8-10-18(11-9-17)27-14(2)19(23)21-22-20(24)16-7-5-6-15(12-16)13-25-3/h5-12,14H,4,13H2,1-3H3,(H,21,23)(H,22,24). The summed E-state index contributed by atoms with van der Waals surface area (Å²) < 4.78 is 16.0. The molecule has 7 nitrogen and oxygen atoms in total. The lowest BCUT2D eigenvalue weighted by atomic mass is 10.1. The fraction of sp³-hybridized carbons (Fsp3) is 0.300. The minimum absolute atomic E-state index is 0.403. The van der Waals surface area contributed by atoms with Crippen molar-refractivity contribution < 1.29 is 23.8 Å². The predicted octanol–water partition coefficient (Wildman–Crippen LogP) is 2.46. The summed E-state index contributed by atoms with van der Waals surface area (Å²) in [5.41, 5.74) is 6.03. The average Bonchev–Trinajstić information content (AvgIpc) is 2.68. The number of nitrogens with one attached hydrogen (secondary N) is 2. The van der Waals surface area contributed by atoms with Crippen molar-refractivity contribution in [2.45, 2.75) is 26.6 Å². The van der Waals surface area contributed by atoms with Gasteiger partial charge in [0.05, 0.1) is 13.2 Å². The van der Waals surface area contributed by atoms with E-state index in [1.165, 1.54) is 0 Å². The first-order valence-corrected chi connectivity index (χ1v) is 8.61. The second kappa shape index (κ2) is 10.2. The van der Waals surface area contributed by atoms with Gasteiger partial charge in [0, 0.05) is 12.7 Å². The molecular weight excluding hydrogens is 348 g/mol. The van der Waals surface area contributed by atoms with Crippen LogP contribution in [0.15, 0.2) is 48.5 Å². The number of benzene rings is 2. The Labute approximate surface area is 158 Å². The molecule has 2 rings (SSSR count). The van der Waals surface area contributed by atoms with Gasteiger partial charge in [-0.3, -0.25) is 20.4 Å². The molecule has 27 heavy (non-hydrogen) atoms. The fourth-order valence-electron chi connectivity index (χ4n) is 2.30. The van der Waals surface area contributed by atoms with Gasteiger partial charge in [0.2, 0.25) is 0 Å². The normalized spacial score (nSPS) is 11.4. The predicted molar refractivity (Wildman–Crippen MR) is 100 cm³/mol. The molecule has 0 aliphatic rings. The third-order valence-electron chi connectivity index (χ3n) is 3.62. The molecule has 1 atom stereocenters. The van der Waals surface area contributed by atoms with E-state index in [4.69, 9.17) is 14.2 Å². The summed E-state index contributed by atoms with van der Waals surface area (Å²) in [6, 6.07) is 13.9. The highest BCUT2D eigenvalue weighted by Gasteiger charge is 2.16. The van der Waals surface area contributed by atoms with Crippen molar-refractivity contribution in [2.24, 2.45) is 0 Å². The lowest BCUT2D eigenvalue weighted by molar-refractivity contribution is -0.128. The molecule has 0 fully saturated rings. The Morgan fingerprint density at radius 2 is 1.74 bits per heavy atom. The summed E-state index contributed by atoms with van der Waals surface area (Å²) in [6.45, 7) is 4.48. The first-order valence-electron chi connectivity index (χ1n) is 8.61. The highest BCUT2D eigenvalue weighted by molar-refractivity contribution is 5.95. The maximum atomic E-state index is 12.2. The van der Waals surface area contributed by atoms with Crippen LogP contribution in [-0.4, -0.2) is 31.6 Å². The van der Waals surface area contributed by atoms with Crippen molar-refractivity contribution in [3.05, 3.63) is 59.7 Å². The number of carbonyl (C=O) groups is 2. The lowest BCUT2D eigenvalue weighted by Crippen LogP contribution is -2.47. The molecule has 0 radical (unpaired) electrons. The van der Waals surface area contributed by atoms with E-state index in [2.05, 4.69) is 10.9 Å². The van der Waals surface area contributed by atoms with Gasteiger partial charge >= 0.3 is 0 Å². The zero-order chi connectivity index (χ0) is 19.6. The van der Waals surface area contributed by atoms with Gasteiger partial charge in [0.1, 0.15) is 11.5 Å². The van der Waals surface area contributed by atoms with Crippen LogP contribution in [-0.2, 0) is 16.1 Å². The van der Waals surface area contributed by atoms with Crippen molar-refractivity contribution in [2.75, 3.05) is 13.7 Å². The third-order valence-corrected chi connectivity index (χ3v) is 3.62. The van der Waals surface area contributed by atoms with E-state index >= 15 is 0 Å². The second-order valence-electron chi connectivity index (χ2n) is 5.74. The highest BCUT2D eigenvalue weighted by Crippen LogP contribution is 2.18. The van der Waals surface area contributed by atoms with Crippen LogP contribution >= 0.6 is 0 Å². The van der Waals surface area contributed by atoms with Crippen LogP contribution in [0.3, 0.4) is 0 Å². The molecule has 2 N–H and O–H groups in total. The lowest BCUT2D eigenvalue weighted by Gasteiger charge is -2.15. The number of methoxy groups -OCH3 is 1. The minimum atomic E-state index is -0.789. The maximum absolute atomic E-state index is 12.2. The summed E-state index contributed by atoms with van der Waals surface area (Å²) in [6.07, 6.45) is -0.789. The van der Waals surface area contributed by atoms with E-state index < -0.39 is 17.9 Å². The largest absolute Gasteiger partial charge is 0.494 e. The monoisotopic (exact) mass is 372 g/mol. The fourth-order valence-corrected chi connectivity index (χ4v) is 2.30. The van der Waals surface area contributed by atoms with Crippen LogP contribution in [0.4, 0.5) is 0 Å². The molecule has 1 unspecified atom stereocenters. The summed E-state index contributed by atoms with van der Waals surface area (Å²) >= 11 is 0. The molecule has 7 heteroatoms. The van der Waals surface area contributed by atoms with Gasteiger partial charge in [0.25, 0.3) is 11.8 Å². The molecule has 2 aromatic carbocycles. The second-order valence-corrected chi connectivity index (χ2v) is 5.74. The minimum Gasteiger partial charge on any atom is -0.494 e. The van der Waals surface area contributed by atoms with Gasteiger partial charge in [-0.25, -0.2) is 0 Å². The molecule has 0 saturated heterocycles. The quantitative estimate of drug-likeness (QED) is 0.695. The first-order chi connectivity index (χ1) is 13.0. The van der Waals surface area contributed by atoms with Crippen molar-refractivity contribution >= 4 is 11.8 Å². The van der Waals surface area contributed by atoms with Gasteiger partial charge in [0.15, 0.2) is 6.10 Å². The highest BCUT2D eigenvalue weighted by atomic mass is 16.5. The van der Waals surface area contributed by atoms with Gasteiger partial charge < -0.3 is 14.2 Å². The Morgan fingerprint density at radius 3 is 2.41 bits per heavy atom. The van der Waals surface area contributed by atoms with E-state index in [-0.39, 0.29) is 0 Å². The first kappa shape index (κ1) is 20.3. The molecule has 2 aromatic rings. The number of hydrogen-bond acceptors (Lipinski definition) is 5. The van der Waals surface area contributed by atoms with Crippen molar-refractivity contribution in [3.8, 4) is 11.5 Å². The van der Waals surface area contributed by atoms with Crippen LogP contribution in [0.1, 0.15) is 29.8 Å². The van der Waals surface area contributed by atoms with Crippen LogP contribution in [0.2, 0.25) is 0 Å². The molecule has 144 valence electrons. The average molecular weight is 372 g/mol. The van der Waals surface area contributed by atoms with Gasteiger partial charge in [-0.15, -0.1) is 0 Å². The summed E-state index contributed by atoms with van der Waals surface area (Å²) in [5.74, 6) is 0.365. The topological polar surface area (TPSA) is 85.9 Å². The van der Waals surface area contributed by atoms with Crippen LogP contribution in [0.25, 0.3) is 0 Å². The van der Waals surface area contributed by atoms with Crippen molar-refractivity contribution in [1.29, 1.82) is 0 Å². The van der Waals surface area contributed by atoms with Gasteiger partial charge in [-0.05, 0) is 55.8 Å². The Bertz CT molecular complexity index is 761. The zero-order valence-corrected chi connectivity index (χ0v) is 15.7. The smallest absolute Gasteiger partial charge is 0.279 e. The Morgan fingerprint density at radius 1 is 1.04 bits per heavy atom. The maximum Gasteiger partial charge on any atom is 0.279 e. The van der Waals surface area contributed by atoms with Crippen LogP contribution in [0.5, 0.6) is 11.5 Å². The van der Waals surface area contributed by atoms with Crippen LogP contribution < -0.4 is 20.3 Å². The number of ether oxygens (including phenoxy) is 3. The molecule has 0 aromatic heterocycles. The molecule has 0 aliphatic heterocycles. The Kier molecular flexibility index (Phi) is 7.63. The number of hydrazine groups is 1. The van der Waals surface area contributed by atoms with Crippen molar-refractivity contribution in [1.82, 2.24) is 10.9 Å². The van der Waals surface area contributed by atoms with E-state index in [0.29, 0.717) is 24.5 Å². The molecule has 0 saturated carbocycles. The van der Waals surface area contributed by atoms with Gasteiger partial charge in [-0.1, -0.05) is 12.1 Å². The van der Waals surface area contributed by atoms with E-state index in [0.717, 1.165) is 11.3 Å². The van der Waals surface area contributed by atoms with E-state index in [1.54, 1.807) is 56.5 Å². The number of hydrogen-bond donors (Lipinski definition) is 2. The third kappa shape index (κ3) is 6.31. The SMILES string of the molecule is CCOc1ccc(OC(C)C(=O)NNC(=O)c2cccc(COC)c2)cc1. The summed E-state index contributed by atoms with van der Waals surface area (Å²) in [4.78, 5) is 24.3. The Hall–Kier alpha value is -3.06. The zero-order valence-electron chi connectivity index (χ0n) is 15.7. The summed E-state index contributed by atoms with van der Waals surface area (Å²) in [7, 11) is 1.58. The molecule has 2 amide bonds. The molecule has 0 spiro atoms. The van der Waals surface area contributed by atoms with E-state index in [9.17, 15) is 9.59 Å². The molecule has 0 bridgehead atoms.